The molecular formula is C12H15O2. The Morgan fingerprint density at radius 3 is 2.36 bits per heavy atom. The molecule has 0 unspecified atom stereocenters. The first-order valence-corrected chi connectivity index (χ1v) is 4.87. The Hall–Kier alpha value is -0.860. The Labute approximate surface area is 84.8 Å². The van der Waals surface area contributed by atoms with Crippen LogP contribution < -0.4 is 0 Å². The fraction of sp³-hybridized carbons (Fsp3) is 0.500. The fourth-order valence-electron chi connectivity index (χ4n) is 1.44. The lowest BCUT2D eigenvalue weighted by Gasteiger charge is -2.34. The van der Waals surface area contributed by atoms with Gasteiger partial charge in [-0.25, -0.2) is 0 Å². The highest BCUT2D eigenvalue weighted by Crippen LogP contribution is 2.30. The highest BCUT2D eigenvalue weighted by Gasteiger charge is 2.28. The van der Waals surface area contributed by atoms with E-state index in [1.165, 1.54) is 0 Å². The zero-order chi connectivity index (χ0) is 10.0. The Balaban J connectivity index is 2.03. The van der Waals surface area contributed by atoms with Gasteiger partial charge in [-0.15, -0.1) is 0 Å². The minimum atomic E-state index is -0.197. The zero-order valence-electron chi connectivity index (χ0n) is 8.62. The van der Waals surface area contributed by atoms with Gasteiger partial charge in [-0.2, -0.15) is 0 Å². The van der Waals surface area contributed by atoms with Crippen LogP contribution >= 0.6 is 0 Å². The molecule has 0 aromatic heterocycles. The maximum atomic E-state index is 5.64. The maximum Gasteiger partial charge on any atom is 0.183 e. The minimum Gasteiger partial charge on any atom is -0.348 e. The smallest absolute Gasteiger partial charge is 0.183 e. The second-order valence-electron chi connectivity index (χ2n) is 4.45. The van der Waals surface area contributed by atoms with Crippen molar-refractivity contribution >= 4 is 0 Å². The maximum absolute atomic E-state index is 5.64. The van der Waals surface area contributed by atoms with Gasteiger partial charge in [-0.05, 0) is 6.07 Å². The van der Waals surface area contributed by atoms with Crippen LogP contribution in [0.4, 0.5) is 0 Å². The molecule has 0 atom stereocenters. The van der Waals surface area contributed by atoms with Crippen LogP contribution in [0.1, 0.15) is 25.7 Å². The van der Waals surface area contributed by atoms with Crippen molar-refractivity contribution in [2.75, 3.05) is 13.2 Å². The van der Waals surface area contributed by atoms with E-state index in [9.17, 15) is 0 Å². The number of hydrogen-bond acceptors (Lipinski definition) is 2. The fourth-order valence-corrected chi connectivity index (χ4v) is 1.44. The summed E-state index contributed by atoms with van der Waals surface area (Å²) in [6.07, 6.45) is -0.197. The molecule has 0 saturated carbocycles. The molecule has 2 rings (SSSR count). The van der Waals surface area contributed by atoms with Crippen molar-refractivity contribution in [2.24, 2.45) is 5.41 Å². The molecule has 0 bridgehead atoms. The highest BCUT2D eigenvalue weighted by molar-refractivity contribution is 5.15. The van der Waals surface area contributed by atoms with Crippen molar-refractivity contribution in [3.05, 3.63) is 35.9 Å². The molecule has 1 aliphatic rings. The average Bonchev–Trinajstić information content (AvgIpc) is 2.19. The van der Waals surface area contributed by atoms with Crippen molar-refractivity contribution in [2.45, 2.75) is 20.1 Å². The summed E-state index contributed by atoms with van der Waals surface area (Å²) in [6, 6.07) is 10.7. The average molecular weight is 191 g/mol. The SMILES string of the molecule is CC1(C)COC(c2cc[c]cc2)OC1. The largest absolute Gasteiger partial charge is 0.348 e. The summed E-state index contributed by atoms with van der Waals surface area (Å²) in [7, 11) is 0. The van der Waals surface area contributed by atoms with Gasteiger partial charge in [0.15, 0.2) is 6.29 Å². The minimum absolute atomic E-state index is 0.136. The molecule has 1 aliphatic heterocycles. The van der Waals surface area contributed by atoms with Gasteiger partial charge in [-0.1, -0.05) is 38.1 Å². The monoisotopic (exact) mass is 191 g/mol. The summed E-state index contributed by atoms with van der Waals surface area (Å²) in [5, 5.41) is 0. The highest BCUT2D eigenvalue weighted by atomic mass is 16.7. The summed E-state index contributed by atoms with van der Waals surface area (Å²) < 4.78 is 11.3. The molecule has 2 nitrogen and oxygen atoms in total. The van der Waals surface area contributed by atoms with Crippen LogP contribution in [0.15, 0.2) is 24.3 Å². The summed E-state index contributed by atoms with van der Waals surface area (Å²) in [5.74, 6) is 0. The molecule has 0 amide bonds. The lowest BCUT2D eigenvalue weighted by Crippen LogP contribution is -2.33. The third-order valence-electron chi connectivity index (χ3n) is 2.27. The summed E-state index contributed by atoms with van der Waals surface area (Å²) in [4.78, 5) is 0. The molecule has 1 aromatic carbocycles. The lowest BCUT2D eigenvalue weighted by atomic mass is 9.95. The van der Waals surface area contributed by atoms with Crippen LogP contribution in [0.25, 0.3) is 0 Å². The van der Waals surface area contributed by atoms with Crippen molar-refractivity contribution < 1.29 is 9.47 Å². The number of benzene rings is 1. The molecular weight excluding hydrogens is 176 g/mol. The zero-order valence-corrected chi connectivity index (χ0v) is 8.62. The first kappa shape index (κ1) is 9.69. The summed E-state index contributed by atoms with van der Waals surface area (Å²) >= 11 is 0. The van der Waals surface area contributed by atoms with E-state index < -0.39 is 0 Å². The number of rotatable bonds is 1. The Kier molecular flexibility index (Phi) is 2.57. The van der Waals surface area contributed by atoms with Crippen LogP contribution in [0, 0.1) is 11.5 Å². The Morgan fingerprint density at radius 2 is 1.79 bits per heavy atom. The first-order valence-electron chi connectivity index (χ1n) is 4.87. The molecule has 1 heterocycles. The predicted molar refractivity (Wildman–Crippen MR) is 53.7 cm³/mol. The van der Waals surface area contributed by atoms with E-state index in [1.807, 2.05) is 24.3 Å². The normalized spacial score (nSPS) is 22.1. The second-order valence-corrected chi connectivity index (χ2v) is 4.45. The molecule has 14 heavy (non-hydrogen) atoms. The Morgan fingerprint density at radius 1 is 1.21 bits per heavy atom. The molecule has 1 saturated heterocycles. The van der Waals surface area contributed by atoms with Crippen LogP contribution in [-0.2, 0) is 9.47 Å². The summed E-state index contributed by atoms with van der Waals surface area (Å²) in [6.45, 7) is 5.77. The summed E-state index contributed by atoms with van der Waals surface area (Å²) in [5.41, 5.74) is 1.21. The molecule has 0 spiro atoms. The topological polar surface area (TPSA) is 18.5 Å². The second kappa shape index (κ2) is 3.71. The van der Waals surface area contributed by atoms with Gasteiger partial charge in [-0.3, -0.25) is 0 Å². The van der Waals surface area contributed by atoms with Crippen LogP contribution in [0.5, 0.6) is 0 Å². The number of ether oxygens (including phenoxy) is 2. The van der Waals surface area contributed by atoms with E-state index in [1.54, 1.807) is 0 Å². The molecule has 75 valence electrons. The van der Waals surface area contributed by atoms with Gasteiger partial charge in [0.2, 0.25) is 0 Å². The molecule has 1 fully saturated rings. The van der Waals surface area contributed by atoms with Crippen molar-refractivity contribution in [3.63, 3.8) is 0 Å². The van der Waals surface area contributed by atoms with E-state index in [2.05, 4.69) is 19.9 Å². The molecule has 0 aliphatic carbocycles. The number of hydrogen-bond donors (Lipinski definition) is 0. The van der Waals surface area contributed by atoms with E-state index >= 15 is 0 Å². The molecule has 0 N–H and O–H groups in total. The van der Waals surface area contributed by atoms with Gasteiger partial charge in [0.25, 0.3) is 0 Å². The Bertz CT molecular complexity index is 282. The van der Waals surface area contributed by atoms with E-state index in [-0.39, 0.29) is 11.7 Å². The van der Waals surface area contributed by atoms with Crippen molar-refractivity contribution in [1.29, 1.82) is 0 Å². The third kappa shape index (κ3) is 2.14. The van der Waals surface area contributed by atoms with Gasteiger partial charge >= 0.3 is 0 Å². The van der Waals surface area contributed by atoms with Gasteiger partial charge in [0.1, 0.15) is 0 Å². The molecule has 1 radical (unpaired) electrons. The predicted octanol–water partition coefficient (Wildman–Crippen LogP) is 2.56. The van der Waals surface area contributed by atoms with Crippen LogP contribution in [-0.4, -0.2) is 13.2 Å². The van der Waals surface area contributed by atoms with E-state index in [4.69, 9.17) is 9.47 Å². The van der Waals surface area contributed by atoms with Gasteiger partial charge < -0.3 is 9.47 Å². The van der Waals surface area contributed by atoms with Gasteiger partial charge in [0, 0.05) is 11.0 Å². The molecule has 2 heteroatoms. The van der Waals surface area contributed by atoms with Crippen molar-refractivity contribution in [1.82, 2.24) is 0 Å². The molecule has 1 aromatic rings. The van der Waals surface area contributed by atoms with Gasteiger partial charge in [0.05, 0.1) is 13.2 Å². The standard InChI is InChI=1S/C12H15O2/c1-12(2)8-13-11(14-9-12)10-6-4-3-5-7-10/h4-7,11H,8-9H2,1-2H3. The quantitative estimate of drug-likeness (QED) is 0.679. The van der Waals surface area contributed by atoms with Crippen LogP contribution in [0.3, 0.4) is 0 Å². The van der Waals surface area contributed by atoms with Crippen LogP contribution in [0.2, 0.25) is 0 Å². The van der Waals surface area contributed by atoms with E-state index in [0.717, 1.165) is 18.8 Å². The van der Waals surface area contributed by atoms with E-state index in [0.29, 0.717) is 0 Å². The van der Waals surface area contributed by atoms with Crippen molar-refractivity contribution in [3.8, 4) is 0 Å². The first-order chi connectivity index (χ1) is 6.67. The lowest BCUT2D eigenvalue weighted by molar-refractivity contribution is -0.226. The third-order valence-corrected chi connectivity index (χ3v) is 2.27.